The van der Waals surface area contributed by atoms with E-state index in [2.05, 4.69) is 20.8 Å². The van der Waals surface area contributed by atoms with Crippen LogP contribution in [0.3, 0.4) is 0 Å². The molecule has 1 fully saturated rings. The van der Waals surface area contributed by atoms with Gasteiger partial charge in [-0.1, -0.05) is 42.4 Å². The fourth-order valence-corrected chi connectivity index (χ4v) is 3.89. The minimum atomic E-state index is -1.15. The van der Waals surface area contributed by atoms with Crippen molar-refractivity contribution in [2.45, 2.75) is 54.7 Å². The van der Waals surface area contributed by atoms with Crippen LogP contribution in [0.1, 0.15) is 39.0 Å². The number of nitrogens with one attached hydrogen (secondary N) is 2. The van der Waals surface area contributed by atoms with Crippen LogP contribution in [0.5, 0.6) is 0 Å². The number of urea groups is 1. The molecule has 0 saturated heterocycles. The Hall–Kier alpha value is -1.35. The molecule has 0 spiro atoms. The van der Waals surface area contributed by atoms with Gasteiger partial charge < -0.3 is 15.2 Å². The molecule has 0 aliphatic heterocycles. The molecule has 2 rings (SSSR count). The van der Waals surface area contributed by atoms with Gasteiger partial charge in [0.15, 0.2) is 4.34 Å². The van der Waals surface area contributed by atoms with Crippen molar-refractivity contribution in [1.29, 1.82) is 0 Å². The number of aliphatic carboxylic acids is 1. The summed E-state index contributed by atoms with van der Waals surface area (Å²) in [5.41, 5.74) is 0. The van der Waals surface area contributed by atoms with Gasteiger partial charge >= 0.3 is 6.03 Å². The molecule has 1 aliphatic carbocycles. The summed E-state index contributed by atoms with van der Waals surface area (Å²) < 4.78 is 0.486. The van der Waals surface area contributed by atoms with Crippen LogP contribution >= 0.6 is 23.1 Å². The Balaban J connectivity index is 1.81. The van der Waals surface area contributed by atoms with Crippen molar-refractivity contribution in [1.82, 2.24) is 15.5 Å². The van der Waals surface area contributed by atoms with Gasteiger partial charge in [0.1, 0.15) is 0 Å². The molecule has 2 N–H and O–H groups in total. The van der Waals surface area contributed by atoms with Crippen LogP contribution in [0.2, 0.25) is 0 Å². The van der Waals surface area contributed by atoms with E-state index < -0.39 is 11.2 Å². The number of carbonyl (C=O) groups is 2. The van der Waals surface area contributed by atoms with Crippen molar-refractivity contribution >= 4 is 40.2 Å². The lowest BCUT2D eigenvalue weighted by atomic mass is 9.96. The van der Waals surface area contributed by atoms with Gasteiger partial charge in [0.25, 0.3) is 0 Å². The van der Waals surface area contributed by atoms with Crippen molar-refractivity contribution in [3.63, 3.8) is 0 Å². The molecule has 1 aromatic heterocycles. The summed E-state index contributed by atoms with van der Waals surface area (Å²) in [5, 5.41) is 23.5. The number of carboxylic acids is 1. The molecular formula is C12H17N4O3S2-. The molecule has 0 bridgehead atoms. The first-order chi connectivity index (χ1) is 10.0. The van der Waals surface area contributed by atoms with Gasteiger partial charge in [0.2, 0.25) is 5.13 Å². The predicted octanol–water partition coefficient (Wildman–Crippen LogP) is 1.22. The highest BCUT2D eigenvalue weighted by atomic mass is 32.2. The molecule has 1 atom stereocenters. The number of aromatic nitrogens is 2. The van der Waals surface area contributed by atoms with Crippen LogP contribution in [-0.2, 0) is 4.79 Å². The smallest absolute Gasteiger partial charge is 0.321 e. The van der Waals surface area contributed by atoms with E-state index >= 15 is 0 Å². The third-order valence-electron chi connectivity index (χ3n) is 3.18. The summed E-state index contributed by atoms with van der Waals surface area (Å²) in [6.45, 7) is 1.52. The number of anilines is 1. The Morgan fingerprint density at radius 2 is 2.05 bits per heavy atom. The van der Waals surface area contributed by atoms with Gasteiger partial charge in [-0.3, -0.25) is 5.32 Å². The largest absolute Gasteiger partial charge is 0.549 e. The summed E-state index contributed by atoms with van der Waals surface area (Å²) >= 11 is 2.19. The maximum atomic E-state index is 11.8. The summed E-state index contributed by atoms with van der Waals surface area (Å²) in [6.07, 6.45) is 5.53. The zero-order valence-electron chi connectivity index (χ0n) is 11.6. The third kappa shape index (κ3) is 5.16. The quantitative estimate of drug-likeness (QED) is 0.621. The monoisotopic (exact) mass is 329 g/mol. The summed E-state index contributed by atoms with van der Waals surface area (Å²) in [6, 6.07) is -0.0684. The molecule has 1 heterocycles. The minimum Gasteiger partial charge on any atom is -0.549 e. The molecule has 21 heavy (non-hydrogen) atoms. The zero-order valence-corrected chi connectivity index (χ0v) is 13.3. The SMILES string of the molecule is C[C@@H](Sc1nnc(NC(=O)NC2CCCCC2)s1)C(=O)[O-]. The minimum absolute atomic E-state index is 0.221. The number of hydrogen-bond donors (Lipinski definition) is 2. The number of carbonyl (C=O) groups excluding carboxylic acids is 2. The van der Waals surface area contributed by atoms with E-state index in [1.54, 1.807) is 0 Å². The summed E-state index contributed by atoms with van der Waals surface area (Å²) in [4.78, 5) is 22.5. The number of thioether (sulfide) groups is 1. The average molecular weight is 329 g/mol. The van der Waals surface area contributed by atoms with Crippen molar-refractivity contribution in [3.8, 4) is 0 Å². The third-order valence-corrected chi connectivity index (χ3v) is 5.18. The van der Waals surface area contributed by atoms with Crippen molar-refractivity contribution in [2.75, 3.05) is 5.32 Å². The van der Waals surface area contributed by atoms with E-state index in [-0.39, 0.29) is 12.1 Å². The number of nitrogens with zero attached hydrogens (tertiary/aromatic N) is 2. The molecule has 2 amide bonds. The summed E-state index contributed by atoms with van der Waals surface area (Å²) in [7, 11) is 0. The number of carboxylic acid groups (broad SMARTS) is 1. The first kappa shape index (κ1) is 16.0. The first-order valence-electron chi connectivity index (χ1n) is 6.83. The van der Waals surface area contributed by atoms with Crippen molar-refractivity contribution in [2.24, 2.45) is 0 Å². The molecule has 1 aliphatic rings. The van der Waals surface area contributed by atoms with Gasteiger partial charge in [0.05, 0.1) is 5.97 Å². The molecule has 0 unspecified atom stereocenters. The van der Waals surface area contributed by atoms with Gasteiger partial charge in [-0.2, -0.15) is 0 Å². The Kier molecular flexibility index (Phi) is 5.80. The maximum Gasteiger partial charge on any atom is 0.321 e. The number of rotatable bonds is 5. The molecule has 9 heteroatoms. The summed E-state index contributed by atoms with van der Waals surface area (Å²) in [5.74, 6) is -1.15. The van der Waals surface area contributed by atoms with Crippen LogP contribution in [0.4, 0.5) is 9.93 Å². The van der Waals surface area contributed by atoms with E-state index in [0.29, 0.717) is 9.47 Å². The first-order valence-corrected chi connectivity index (χ1v) is 8.53. The van der Waals surface area contributed by atoms with Crippen molar-refractivity contribution < 1.29 is 14.7 Å². The number of amides is 2. The molecule has 7 nitrogen and oxygen atoms in total. The molecule has 116 valence electrons. The van der Waals surface area contributed by atoms with Gasteiger partial charge in [-0.25, -0.2) is 4.79 Å². The number of hydrogen-bond acceptors (Lipinski definition) is 7. The van der Waals surface area contributed by atoms with E-state index in [1.165, 1.54) is 13.3 Å². The predicted molar refractivity (Wildman–Crippen MR) is 79.3 cm³/mol. The van der Waals surface area contributed by atoms with Gasteiger partial charge in [0, 0.05) is 11.3 Å². The fraction of sp³-hybridized carbons (Fsp3) is 0.667. The fourth-order valence-electron chi connectivity index (χ4n) is 2.07. The maximum absolute atomic E-state index is 11.8. The van der Waals surface area contributed by atoms with Crippen LogP contribution in [0, 0.1) is 0 Å². The second-order valence-corrected chi connectivity index (χ2v) is 7.45. The second-order valence-electron chi connectivity index (χ2n) is 4.89. The van der Waals surface area contributed by atoms with Gasteiger partial charge in [-0.05, 0) is 19.8 Å². The molecule has 0 aromatic carbocycles. The van der Waals surface area contributed by atoms with E-state index in [9.17, 15) is 14.7 Å². The van der Waals surface area contributed by atoms with E-state index in [4.69, 9.17) is 0 Å². The topological polar surface area (TPSA) is 107 Å². The van der Waals surface area contributed by atoms with Crippen LogP contribution in [0.15, 0.2) is 4.34 Å². The highest BCUT2D eigenvalue weighted by Gasteiger charge is 2.17. The van der Waals surface area contributed by atoms with E-state index in [0.717, 1.165) is 48.8 Å². The molecular weight excluding hydrogens is 312 g/mol. The van der Waals surface area contributed by atoms with E-state index in [1.807, 2.05) is 0 Å². The lowest BCUT2D eigenvalue weighted by Gasteiger charge is -2.22. The Bertz CT molecular complexity index is 502. The standard InChI is InChI=1S/C12H18N4O3S2/c1-7(9(17)18)20-12-16-15-11(21-12)14-10(19)13-8-5-3-2-4-6-8/h7-8H,2-6H2,1H3,(H,17,18)(H2,13,14,15,19)/p-1/t7-/m1/s1. The highest BCUT2D eigenvalue weighted by Crippen LogP contribution is 2.28. The molecule has 1 saturated carbocycles. The average Bonchev–Trinajstić information content (AvgIpc) is 2.86. The Morgan fingerprint density at radius 1 is 1.33 bits per heavy atom. The highest BCUT2D eigenvalue weighted by molar-refractivity contribution is 8.02. The second kappa shape index (κ2) is 7.60. The van der Waals surface area contributed by atoms with Crippen molar-refractivity contribution in [3.05, 3.63) is 0 Å². The lowest BCUT2D eigenvalue weighted by molar-refractivity contribution is -0.304. The Morgan fingerprint density at radius 3 is 2.71 bits per heavy atom. The molecule has 1 aromatic rings. The zero-order chi connectivity index (χ0) is 15.2. The van der Waals surface area contributed by atoms with Crippen LogP contribution < -0.4 is 15.7 Å². The normalized spacial score (nSPS) is 17.2. The van der Waals surface area contributed by atoms with Crippen LogP contribution in [-0.4, -0.2) is 33.5 Å². The van der Waals surface area contributed by atoms with Gasteiger partial charge in [-0.15, -0.1) is 10.2 Å². The van der Waals surface area contributed by atoms with Crippen LogP contribution in [0.25, 0.3) is 0 Å². The molecule has 0 radical (unpaired) electrons. The Labute approximate surface area is 130 Å². The lowest BCUT2D eigenvalue weighted by Crippen LogP contribution is -2.38.